The summed E-state index contributed by atoms with van der Waals surface area (Å²) in [6.45, 7) is 8.38. The van der Waals surface area contributed by atoms with Crippen LogP contribution in [0.1, 0.15) is 32.3 Å². The molecule has 3 aliphatic rings. The summed E-state index contributed by atoms with van der Waals surface area (Å²) >= 11 is 0. The molecule has 2 fully saturated rings. The molecular weight excluding hydrogens is 658 g/mol. The zero-order chi connectivity index (χ0) is 35.4. The van der Waals surface area contributed by atoms with Gasteiger partial charge in [0.25, 0.3) is 0 Å². The Hall–Kier alpha value is -5.24. The van der Waals surface area contributed by atoms with Gasteiger partial charge >= 0.3 is 6.03 Å². The molecule has 14 heteroatoms. The van der Waals surface area contributed by atoms with Crippen LogP contribution in [0.5, 0.6) is 5.75 Å². The van der Waals surface area contributed by atoms with Gasteiger partial charge in [0, 0.05) is 60.8 Å². The molecule has 12 nitrogen and oxygen atoms in total. The van der Waals surface area contributed by atoms with Crippen LogP contribution in [0.15, 0.2) is 84.5 Å². The van der Waals surface area contributed by atoms with E-state index in [9.17, 15) is 13.6 Å². The minimum atomic E-state index is -1.01. The van der Waals surface area contributed by atoms with E-state index in [-0.39, 0.29) is 30.6 Å². The molecule has 3 aliphatic heterocycles. The zero-order valence-corrected chi connectivity index (χ0v) is 28.7. The number of anilines is 3. The molecule has 2 amide bonds. The van der Waals surface area contributed by atoms with E-state index in [2.05, 4.69) is 42.4 Å². The Morgan fingerprint density at radius 3 is 2.35 bits per heavy atom. The third-order valence-electron chi connectivity index (χ3n) is 9.90. The molecule has 1 aromatic heterocycles. The van der Waals surface area contributed by atoms with Gasteiger partial charge < -0.3 is 29.3 Å². The molecule has 4 heterocycles. The molecule has 1 N–H and O–H groups in total. The number of aromatic nitrogens is 3. The van der Waals surface area contributed by atoms with Gasteiger partial charge in [0.2, 0.25) is 0 Å². The van der Waals surface area contributed by atoms with Crippen LogP contribution in [0, 0.1) is 17.6 Å². The number of carbonyl (C=O) groups is 1. The summed E-state index contributed by atoms with van der Waals surface area (Å²) in [4.78, 5) is 21.6. The number of benzene rings is 3. The lowest BCUT2D eigenvalue weighted by atomic mass is 9.87. The van der Waals surface area contributed by atoms with Gasteiger partial charge in [-0.25, -0.2) is 28.3 Å². The molecule has 0 unspecified atom stereocenters. The molecule has 4 aromatic rings. The maximum absolute atomic E-state index is 15.0. The number of hydrazone groups is 1. The van der Waals surface area contributed by atoms with Crippen molar-refractivity contribution in [2.45, 2.75) is 51.0 Å². The first-order valence-corrected chi connectivity index (χ1v) is 17.3. The van der Waals surface area contributed by atoms with Gasteiger partial charge in [-0.2, -0.15) is 5.10 Å². The summed E-state index contributed by atoms with van der Waals surface area (Å²) in [5, 5.41) is 12.7. The number of nitrogens with one attached hydrogen (secondary N) is 1. The smallest absolute Gasteiger partial charge is 0.342 e. The van der Waals surface area contributed by atoms with E-state index in [1.54, 1.807) is 11.0 Å². The van der Waals surface area contributed by atoms with Gasteiger partial charge in [0.1, 0.15) is 41.7 Å². The van der Waals surface area contributed by atoms with E-state index in [0.29, 0.717) is 30.9 Å². The molecule has 0 radical (unpaired) electrons. The number of piperazine rings is 1. The fraction of sp³-hybridized carbons (Fsp3) is 0.405. The van der Waals surface area contributed by atoms with E-state index < -0.39 is 17.2 Å². The van der Waals surface area contributed by atoms with Gasteiger partial charge in [0.05, 0.1) is 25.8 Å². The van der Waals surface area contributed by atoms with Crippen LogP contribution in [0.25, 0.3) is 0 Å². The van der Waals surface area contributed by atoms with E-state index in [1.165, 1.54) is 29.9 Å². The Morgan fingerprint density at radius 1 is 1.00 bits per heavy atom. The largest absolute Gasteiger partial charge is 0.493 e. The number of rotatable bonds is 10. The molecule has 3 aromatic carbocycles. The van der Waals surface area contributed by atoms with E-state index in [0.717, 1.165) is 55.8 Å². The topological polar surface area (TPSA) is 110 Å². The van der Waals surface area contributed by atoms with Gasteiger partial charge in [-0.3, -0.25) is 0 Å². The van der Waals surface area contributed by atoms with Crippen molar-refractivity contribution in [3.05, 3.63) is 96.6 Å². The second-order valence-electron chi connectivity index (χ2n) is 13.2. The molecule has 2 saturated heterocycles. The van der Waals surface area contributed by atoms with Crippen molar-refractivity contribution < 1.29 is 27.8 Å². The van der Waals surface area contributed by atoms with Crippen molar-refractivity contribution in [1.29, 1.82) is 0 Å². The Bertz CT molecular complexity index is 1800. The standard InChI is InChI=1S/C37H42F2N8O4/c1-3-35-26(2)50-25-42-47(35)36(48)43-29-5-7-30(8-6-29)44-14-16-45(17-15-44)31-9-11-32(12-10-31)49-20-27-19-37(51-21-27,22-46-24-40-23-41-46)33-13-4-28(38)18-34(33)39/h4-13,18,23-27,35H,3,14-17,19-22H2,1-2H3,(H,43,48)/t26-,27+,35-,37-/m0/s1. The van der Waals surface area contributed by atoms with Crippen molar-refractivity contribution in [3.63, 3.8) is 0 Å². The highest BCUT2D eigenvalue weighted by Gasteiger charge is 2.44. The van der Waals surface area contributed by atoms with Crippen LogP contribution >= 0.6 is 0 Å². The number of ether oxygens (including phenoxy) is 3. The average Bonchev–Trinajstić information content (AvgIpc) is 3.82. The normalized spacial score (nSPS) is 23.3. The molecule has 0 bridgehead atoms. The highest BCUT2D eigenvalue weighted by Crippen LogP contribution is 2.42. The number of halogens is 2. The first-order chi connectivity index (χ1) is 24.8. The zero-order valence-electron chi connectivity index (χ0n) is 28.7. The van der Waals surface area contributed by atoms with Crippen molar-refractivity contribution in [1.82, 2.24) is 19.8 Å². The number of hydrogen-bond acceptors (Lipinski definition) is 9. The van der Waals surface area contributed by atoms with E-state index in [1.807, 2.05) is 50.2 Å². The Balaban J connectivity index is 0.895. The van der Waals surface area contributed by atoms with Crippen LogP contribution in [0.2, 0.25) is 0 Å². The lowest BCUT2D eigenvalue weighted by Gasteiger charge is -2.37. The lowest BCUT2D eigenvalue weighted by molar-refractivity contribution is -0.0206. The summed E-state index contributed by atoms with van der Waals surface area (Å²) in [5.74, 6) is -0.546. The van der Waals surface area contributed by atoms with Gasteiger partial charge in [-0.15, -0.1) is 5.10 Å². The molecule has 7 rings (SSSR count). The Labute approximate surface area is 295 Å². The Morgan fingerprint density at radius 2 is 1.71 bits per heavy atom. The fourth-order valence-electron chi connectivity index (χ4n) is 7.17. The molecule has 0 aliphatic carbocycles. The number of urea groups is 1. The molecule has 4 atom stereocenters. The van der Waals surface area contributed by atoms with E-state index in [4.69, 9.17) is 14.2 Å². The van der Waals surface area contributed by atoms with E-state index >= 15 is 0 Å². The first kappa shape index (κ1) is 34.2. The van der Waals surface area contributed by atoms with Gasteiger partial charge in [-0.1, -0.05) is 13.0 Å². The van der Waals surface area contributed by atoms with Crippen LogP contribution in [0.3, 0.4) is 0 Å². The first-order valence-electron chi connectivity index (χ1n) is 17.3. The SMILES string of the molecule is CC[C@H]1[C@H](C)OC=NN1C(=O)Nc1ccc(N2CCN(c3ccc(OC[C@@H]4CO[C@@](Cn5cncn5)(c5ccc(F)cc5F)C4)cc3)CC2)cc1. The van der Waals surface area contributed by atoms with Gasteiger partial charge in [-0.05, 0) is 74.4 Å². The monoisotopic (exact) mass is 700 g/mol. The average molecular weight is 701 g/mol. The summed E-state index contributed by atoms with van der Waals surface area (Å²) in [5.41, 5.74) is 2.21. The summed E-state index contributed by atoms with van der Waals surface area (Å²) in [6, 6.07) is 19.2. The molecule has 268 valence electrons. The Kier molecular flexibility index (Phi) is 10.0. The second-order valence-corrected chi connectivity index (χ2v) is 13.2. The number of carbonyl (C=O) groups excluding carboxylic acids is 1. The predicted octanol–water partition coefficient (Wildman–Crippen LogP) is 5.87. The lowest BCUT2D eigenvalue weighted by Crippen LogP contribution is -2.48. The number of amides is 2. The maximum Gasteiger partial charge on any atom is 0.342 e. The molecular formula is C37H42F2N8O4. The quantitative estimate of drug-likeness (QED) is 0.219. The minimum Gasteiger partial charge on any atom is -0.493 e. The minimum absolute atomic E-state index is 0.00720. The summed E-state index contributed by atoms with van der Waals surface area (Å²) in [7, 11) is 0. The van der Waals surface area contributed by atoms with Crippen molar-refractivity contribution in [2.75, 3.05) is 54.5 Å². The second kappa shape index (κ2) is 14.9. The highest BCUT2D eigenvalue weighted by molar-refractivity contribution is 5.90. The van der Waals surface area contributed by atoms with Crippen molar-refractivity contribution >= 4 is 29.5 Å². The highest BCUT2D eigenvalue weighted by atomic mass is 19.1. The van der Waals surface area contributed by atoms with Crippen LogP contribution in [-0.4, -0.2) is 83.7 Å². The number of hydrogen-bond donors (Lipinski definition) is 1. The number of nitrogens with zero attached hydrogens (tertiary/aromatic N) is 7. The predicted molar refractivity (Wildman–Crippen MR) is 189 cm³/mol. The third-order valence-corrected chi connectivity index (χ3v) is 9.90. The summed E-state index contributed by atoms with van der Waals surface area (Å²) in [6.07, 6.45) is 5.41. The van der Waals surface area contributed by atoms with Crippen LogP contribution < -0.4 is 19.9 Å². The molecule has 0 saturated carbocycles. The molecule has 0 spiro atoms. The molecule has 51 heavy (non-hydrogen) atoms. The summed E-state index contributed by atoms with van der Waals surface area (Å²) < 4.78 is 48.2. The van der Waals surface area contributed by atoms with Crippen LogP contribution in [0.4, 0.5) is 30.6 Å². The third kappa shape index (κ3) is 7.60. The van der Waals surface area contributed by atoms with Crippen molar-refractivity contribution in [2.24, 2.45) is 11.0 Å². The van der Waals surface area contributed by atoms with Crippen LogP contribution in [-0.2, 0) is 21.6 Å². The van der Waals surface area contributed by atoms with Crippen molar-refractivity contribution in [3.8, 4) is 5.75 Å². The maximum atomic E-state index is 15.0. The van der Waals surface area contributed by atoms with Gasteiger partial charge in [0.15, 0.2) is 6.40 Å². The fourth-order valence-corrected chi connectivity index (χ4v) is 7.17.